The summed E-state index contributed by atoms with van der Waals surface area (Å²) >= 11 is 1.61. The van der Waals surface area contributed by atoms with Gasteiger partial charge in [-0.25, -0.2) is 0 Å². The molecule has 2 rings (SSSR count). The average molecular weight is 208 g/mol. The molecular weight excluding hydrogens is 196 g/mol. The molecule has 2 heterocycles. The van der Waals surface area contributed by atoms with Crippen LogP contribution in [0.3, 0.4) is 0 Å². The number of furan rings is 1. The molecule has 74 valence electrons. The summed E-state index contributed by atoms with van der Waals surface area (Å²) in [5.74, 6) is 0. The molecule has 0 amide bonds. The van der Waals surface area contributed by atoms with Crippen LogP contribution < -0.4 is 0 Å². The lowest BCUT2D eigenvalue weighted by molar-refractivity contribution is 0.222. The first-order chi connectivity index (χ1) is 6.68. The Morgan fingerprint density at radius 2 is 2.07 bits per heavy atom. The average Bonchev–Trinajstić information content (AvgIpc) is 2.73. The van der Waals surface area contributed by atoms with Crippen molar-refractivity contribution < 1.29 is 9.52 Å². The van der Waals surface area contributed by atoms with Crippen molar-refractivity contribution in [2.24, 2.45) is 0 Å². The summed E-state index contributed by atoms with van der Waals surface area (Å²) < 4.78 is 5.04. The van der Waals surface area contributed by atoms with E-state index in [1.165, 1.54) is 4.88 Å². The van der Waals surface area contributed by atoms with E-state index in [1.807, 2.05) is 26.0 Å². The van der Waals surface area contributed by atoms with Gasteiger partial charge in [0.15, 0.2) is 0 Å². The Hall–Kier alpha value is -1.06. The summed E-state index contributed by atoms with van der Waals surface area (Å²) in [5.41, 5.74) is 1.84. The topological polar surface area (TPSA) is 33.4 Å². The summed E-state index contributed by atoms with van der Waals surface area (Å²) in [4.78, 5) is 2.17. The van der Waals surface area contributed by atoms with Gasteiger partial charge in [0, 0.05) is 15.3 Å². The summed E-state index contributed by atoms with van der Waals surface area (Å²) in [6, 6.07) is 3.97. The van der Waals surface area contributed by atoms with Gasteiger partial charge in [0.1, 0.15) is 6.10 Å². The summed E-state index contributed by atoms with van der Waals surface area (Å²) in [6.07, 6.45) is 2.71. The Bertz CT molecular complexity index is 428. The van der Waals surface area contributed by atoms with Gasteiger partial charge in [-0.2, -0.15) is 0 Å². The van der Waals surface area contributed by atoms with E-state index >= 15 is 0 Å². The van der Waals surface area contributed by atoms with Crippen LogP contribution in [0, 0.1) is 13.8 Å². The van der Waals surface area contributed by atoms with Crippen molar-refractivity contribution in [2.45, 2.75) is 20.0 Å². The van der Waals surface area contributed by atoms with Crippen LogP contribution >= 0.6 is 11.3 Å². The monoisotopic (exact) mass is 208 g/mol. The van der Waals surface area contributed by atoms with Gasteiger partial charge < -0.3 is 9.52 Å². The Morgan fingerprint density at radius 3 is 2.57 bits per heavy atom. The van der Waals surface area contributed by atoms with Gasteiger partial charge in [-0.15, -0.1) is 11.3 Å². The first-order valence-electron chi connectivity index (χ1n) is 4.45. The zero-order valence-corrected chi connectivity index (χ0v) is 8.97. The van der Waals surface area contributed by atoms with E-state index in [9.17, 15) is 5.11 Å². The number of rotatable bonds is 2. The fourth-order valence-electron chi connectivity index (χ4n) is 1.40. The van der Waals surface area contributed by atoms with Crippen LogP contribution in [0.1, 0.15) is 27.0 Å². The van der Waals surface area contributed by atoms with Gasteiger partial charge in [0.2, 0.25) is 0 Å². The Labute approximate surface area is 86.8 Å². The molecule has 0 saturated carbocycles. The first-order valence-corrected chi connectivity index (χ1v) is 5.27. The second-order valence-electron chi connectivity index (χ2n) is 3.36. The third-order valence-electron chi connectivity index (χ3n) is 2.22. The van der Waals surface area contributed by atoms with E-state index in [1.54, 1.807) is 23.9 Å². The maximum absolute atomic E-state index is 10.0. The Kier molecular flexibility index (Phi) is 2.44. The minimum absolute atomic E-state index is 0.549. The molecule has 0 bridgehead atoms. The number of hydrogen-bond acceptors (Lipinski definition) is 3. The van der Waals surface area contributed by atoms with E-state index in [-0.39, 0.29) is 0 Å². The van der Waals surface area contributed by atoms with Crippen LogP contribution in [0.25, 0.3) is 0 Å². The molecule has 0 saturated heterocycles. The quantitative estimate of drug-likeness (QED) is 0.823. The van der Waals surface area contributed by atoms with E-state index in [4.69, 9.17) is 4.42 Å². The van der Waals surface area contributed by atoms with Crippen LogP contribution in [0.2, 0.25) is 0 Å². The smallest absolute Gasteiger partial charge is 0.117 e. The van der Waals surface area contributed by atoms with Crippen LogP contribution in [-0.2, 0) is 0 Å². The fraction of sp³-hybridized carbons (Fsp3) is 0.273. The maximum Gasteiger partial charge on any atom is 0.117 e. The zero-order valence-electron chi connectivity index (χ0n) is 8.15. The molecule has 1 N–H and O–H groups in total. The summed E-state index contributed by atoms with van der Waals surface area (Å²) in [5, 5.41) is 10.0. The second kappa shape index (κ2) is 3.59. The lowest BCUT2D eigenvalue weighted by atomic mass is 10.1. The molecule has 0 aliphatic heterocycles. The van der Waals surface area contributed by atoms with Crippen molar-refractivity contribution >= 4 is 11.3 Å². The number of thiophene rings is 1. The molecule has 3 heteroatoms. The SMILES string of the molecule is Cc1ccc(C(O)c2cocc2C)s1. The molecular formula is C11H12O2S. The zero-order chi connectivity index (χ0) is 10.1. The van der Waals surface area contributed by atoms with Crippen LogP contribution in [0.15, 0.2) is 29.1 Å². The van der Waals surface area contributed by atoms with Crippen molar-refractivity contribution in [3.63, 3.8) is 0 Å². The number of aliphatic hydroxyl groups is 1. The first kappa shape index (κ1) is 9.49. The molecule has 0 spiro atoms. The highest BCUT2D eigenvalue weighted by Crippen LogP contribution is 2.30. The molecule has 1 unspecified atom stereocenters. The molecule has 0 radical (unpaired) electrons. The lowest BCUT2D eigenvalue weighted by Gasteiger charge is -2.06. The van der Waals surface area contributed by atoms with Crippen molar-refractivity contribution in [3.8, 4) is 0 Å². The molecule has 2 aromatic rings. The third kappa shape index (κ3) is 1.61. The predicted octanol–water partition coefficient (Wildman–Crippen LogP) is 3.04. The van der Waals surface area contributed by atoms with Gasteiger partial charge >= 0.3 is 0 Å². The van der Waals surface area contributed by atoms with Crippen molar-refractivity contribution in [1.29, 1.82) is 0 Å². The number of hydrogen-bond donors (Lipinski definition) is 1. The van der Waals surface area contributed by atoms with Gasteiger partial charge in [0.05, 0.1) is 12.5 Å². The van der Waals surface area contributed by atoms with Gasteiger partial charge in [-0.05, 0) is 31.5 Å². The molecule has 0 aliphatic rings. The predicted molar refractivity (Wildman–Crippen MR) is 56.6 cm³/mol. The molecule has 2 aromatic heterocycles. The van der Waals surface area contributed by atoms with Gasteiger partial charge in [-0.3, -0.25) is 0 Å². The number of aryl methyl sites for hydroxylation is 2. The van der Waals surface area contributed by atoms with E-state index in [0.717, 1.165) is 16.0 Å². The minimum atomic E-state index is -0.549. The normalized spacial score (nSPS) is 13.1. The van der Waals surface area contributed by atoms with E-state index in [2.05, 4.69) is 0 Å². The molecule has 0 fully saturated rings. The fourth-order valence-corrected chi connectivity index (χ4v) is 2.29. The third-order valence-corrected chi connectivity index (χ3v) is 3.27. The standard InChI is InChI=1S/C11H12O2S/c1-7-5-13-6-9(7)11(12)10-4-3-8(2)14-10/h3-6,11-12H,1-2H3. The summed E-state index contributed by atoms with van der Waals surface area (Å²) in [7, 11) is 0. The van der Waals surface area contributed by atoms with Crippen molar-refractivity contribution in [2.75, 3.05) is 0 Å². The van der Waals surface area contributed by atoms with Crippen molar-refractivity contribution in [3.05, 3.63) is 45.5 Å². The molecule has 1 atom stereocenters. The van der Waals surface area contributed by atoms with Gasteiger partial charge in [0.25, 0.3) is 0 Å². The lowest BCUT2D eigenvalue weighted by Crippen LogP contribution is -1.96. The van der Waals surface area contributed by atoms with Crippen molar-refractivity contribution in [1.82, 2.24) is 0 Å². The number of aliphatic hydroxyl groups excluding tert-OH is 1. The second-order valence-corrected chi connectivity index (χ2v) is 4.68. The highest BCUT2D eigenvalue weighted by molar-refractivity contribution is 7.12. The van der Waals surface area contributed by atoms with Gasteiger partial charge in [-0.1, -0.05) is 0 Å². The molecule has 2 nitrogen and oxygen atoms in total. The van der Waals surface area contributed by atoms with Crippen LogP contribution in [0.4, 0.5) is 0 Å². The van der Waals surface area contributed by atoms with Crippen LogP contribution in [0.5, 0.6) is 0 Å². The van der Waals surface area contributed by atoms with E-state index in [0.29, 0.717) is 0 Å². The summed E-state index contributed by atoms with van der Waals surface area (Å²) in [6.45, 7) is 3.96. The maximum atomic E-state index is 10.0. The Morgan fingerprint density at radius 1 is 1.29 bits per heavy atom. The van der Waals surface area contributed by atoms with Crippen LogP contribution in [-0.4, -0.2) is 5.11 Å². The largest absolute Gasteiger partial charge is 0.472 e. The molecule has 0 aliphatic carbocycles. The minimum Gasteiger partial charge on any atom is -0.472 e. The Balaban J connectivity index is 2.33. The highest BCUT2D eigenvalue weighted by Gasteiger charge is 2.15. The molecule has 0 aromatic carbocycles. The molecule has 14 heavy (non-hydrogen) atoms. The highest BCUT2D eigenvalue weighted by atomic mass is 32.1. The van der Waals surface area contributed by atoms with E-state index < -0.39 is 6.10 Å².